The quantitative estimate of drug-likeness (QED) is 0.200. The van der Waals surface area contributed by atoms with E-state index in [4.69, 9.17) is 33.0 Å². The van der Waals surface area contributed by atoms with E-state index in [1.54, 1.807) is 43.5 Å². The lowest BCUT2D eigenvalue weighted by Crippen LogP contribution is -2.49. The Bertz CT molecular complexity index is 2450. The second kappa shape index (κ2) is 10.7. The molecule has 3 aliphatic rings. The molecular formula is C34H30Cl2N6O6S. The number of ether oxygens (including phenoxy) is 1. The van der Waals surface area contributed by atoms with Gasteiger partial charge >= 0.3 is 11.4 Å². The number of aromatic nitrogens is 5. The van der Waals surface area contributed by atoms with Crippen molar-refractivity contribution in [2.75, 3.05) is 12.0 Å². The Kier molecular flexibility index (Phi) is 6.92. The average molecular weight is 722 g/mol. The largest absolute Gasteiger partial charge is 0.503 e. The highest BCUT2D eigenvalue weighted by atomic mass is 35.5. The third-order valence-electron chi connectivity index (χ3n) is 10.5. The molecule has 2 aromatic carbocycles. The number of rotatable bonds is 4. The van der Waals surface area contributed by atoms with E-state index in [2.05, 4.69) is 0 Å². The monoisotopic (exact) mass is 720 g/mol. The fraction of sp³-hybridized carbons (Fsp3) is 0.324. The zero-order valence-electron chi connectivity index (χ0n) is 27.0. The van der Waals surface area contributed by atoms with Gasteiger partial charge in [0.05, 0.1) is 40.9 Å². The number of imide groups is 1. The minimum atomic E-state index is -1.35. The number of thiophene rings is 1. The average Bonchev–Trinajstić information content (AvgIpc) is 3.73. The second-order valence-electron chi connectivity index (χ2n) is 13.0. The van der Waals surface area contributed by atoms with Crippen LogP contribution in [0.5, 0.6) is 11.5 Å². The Morgan fingerprint density at radius 3 is 2.55 bits per heavy atom. The predicted molar refractivity (Wildman–Crippen MR) is 186 cm³/mol. The summed E-state index contributed by atoms with van der Waals surface area (Å²) >= 11 is 14.3. The van der Waals surface area contributed by atoms with Gasteiger partial charge in [0, 0.05) is 35.8 Å². The highest BCUT2D eigenvalue weighted by Gasteiger charge is 2.66. The van der Waals surface area contributed by atoms with E-state index in [0.29, 0.717) is 27.7 Å². The van der Waals surface area contributed by atoms with Crippen LogP contribution in [0.25, 0.3) is 20.7 Å². The van der Waals surface area contributed by atoms with E-state index in [0.717, 1.165) is 25.1 Å². The summed E-state index contributed by atoms with van der Waals surface area (Å²) in [4.78, 5) is 58.1. The maximum absolute atomic E-state index is 14.9. The highest BCUT2D eigenvalue weighted by molar-refractivity contribution is 7.22. The van der Waals surface area contributed by atoms with E-state index in [-0.39, 0.29) is 29.5 Å². The van der Waals surface area contributed by atoms with Crippen molar-refractivity contribution in [3.05, 3.63) is 90.2 Å². The molecule has 0 unspecified atom stereocenters. The molecule has 0 bridgehead atoms. The third kappa shape index (κ3) is 4.18. The molecule has 1 saturated heterocycles. The van der Waals surface area contributed by atoms with Crippen LogP contribution in [-0.4, -0.2) is 47.7 Å². The summed E-state index contributed by atoms with van der Waals surface area (Å²) in [6.45, 7) is 3.85. The summed E-state index contributed by atoms with van der Waals surface area (Å²) in [6.07, 6.45) is 1.96. The van der Waals surface area contributed by atoms with E-state index in [1.165, 1.54) is 33.1 Å². The molecule has 2 aliphatic heterocycles. The Morgan fingerprint density at radius 2 is 1.82 bits per heavy atom. The number of benzene rings is 2. The first-order chi connectivity index (χ1) is 23.3. The predicted octanol–water partition coefficient (Wildman–Crippen LogP) is 5.16. The first-order valence-corrected chi connectivity index (χ1v) is 17.1. The summed E-state index contributed by atoms with van der Waals surface area (Å²) in [6, 6.07) is 9.90. The fourth-order valence-electron chi connectivity index (χ4n) is 8.12. The van der Waals surface area contributed by atoms with Gasteiger partial charge in [-0.3, -0.25) is 14.3 Å². The van der Waals surface area contributed by atoms with Crippen molar-refractivity contribution in [1.82, 2.24) is 23.7 Å². The number of phenolic OH excluding ortho intramolecular Hbond substituents is 1. The fourth-order valence-corrected chi connectivity index (χ4v) is 9.65. The number of hydrogen-bond donors (Lipinski definition) is 1. The van der Waals surface area contributed by atoms with Gasteiger partial charge in [0.2, 0.25) is 11.8 Å². The topological polar surface area (TPSA) is 134 Å². The molecule has 1 N–H and O–H groups in total. The number of aromatic hydroxyl groups is 1. The molecule has 3 aromatic heterocycles. The van der Waals surface area contributed by atoms with Gasteiger partial charge in [0.25, 0.3) is 0 Å². The molecule has 0 radical (unpaired) electrons. The van der Waals surface area contributed by atoms with Crippen LogP contribution in [0.1, 0.15) is 36.4 Å². The molecule has 2 fully saturated rings. The van der Waals surface area contributed by atoms with Crippen LogP contribution < -0.4 is 21.0 Å². The molecule has 1 aliphatic carbocycles. The van der Waals surface area contributed by atoms with Crippen molar-refractivity contribution in [3.63, 3.8) is 0 Å². The second-order valence-corrected chi connectivity index (χ2v) is 14.9. The third-order valence-corrected chi connectivity index (χ3v) is 12.4. The number of allylic oxidation sites excluding steroid dienone is 2. The number of fused-ring (bicyclic) bond motifs is 5. The van der Waals surface area contributed by atoms with Crippen molar-refractivity contribution < 1.29 is 19.4 Å². The molecule has 2 amide bonds. The Balaban J connectivity index is 1.30. The van der Waals surface area contributed by atoms with Gasteiger partial charge in [-0.2, -0.15) is 5.10 Å². The van der Waals surface area contributed by atoms with Gasteiger partial charge in [-0.15, -0.1) is 11.3 Å². The van der Waals surface area contributed by atoms with Crippen LogP contribution in [0.2, 0.25) is 10.0 Å². The van der Waals surface area contributed by atoms with Crippen LogP contribution in [0.3, 0.4) is 0 Å². The summed E-state index contributed by atoms with van der Waals surface area (Å²) in [7, 11) is 4.50. The van der Waals surface area contributed by atoms with E-state index in [1.807, 2.05) is 31.2 Å². The maximum atomic E-state index is 14.9. The lowest BCUT2D eigenvalue weighted by Gasteiger charge is -2.47. The number of amides is 2. The minimum absolute atomic E-state index is 0.00622. The number of halogens is 2. The van der Waals surface area contributed by atoms with Crippen LogP contribution in [0.4, 0.5) is 5.82 Å². The van der Waals surface area contributed by atoms with Gasteiger partial charge < -0.3 is 9.84 Å². The van der Waals surface area contributed by atoms with Crippen LogP contribution in [0.15, 0.2) is 57.6 Å². The van der Waals surface area contributed by atoms with E-state index >= 15 is 0 Å². The Labute approximate surface area is 292 Å². The van der Waals surface area contributed by atoms with E-state index in [9.17, 15) is 24.3 Å². The molecule has 8 rings (SSSR count). The minimum Gasteiger partial charge on any atom is -0.503 e. The molecule has 5 heterocycles. The standard InChI is InChI=1S/C34H30Cl2N6O6S/c1-15-19-12-17(35)6-7-25(19)49-29(15)22-14-26(39(4)37-22)41-30(44)20-13-23-18(8-9-40-32(46)38(3)33(47)42(23)40)27(34(20,2)31(41)45)16-10-21(36)28(43)24(11-16)48-5/h6-8,10-12,14,20,23,27,43H,9,13H2,1-5H3/t20-,23+,27-,34+/m0/s1. The Morgan fingerprint density at radius 1 is 1.06 bits per heavy atom. The lowest BCUT2D eigenvalue weighted by atomic mass is 9.56. The lowest BCUT2D eigenvalue weighted by molar-refractivity contribution is -0.129. The van der Waals surface area contributed by atoms with Gasteiger partial charge in [0.1, 0.15) is 11.5 Å². The normalized spacial score (nSPS) is 23.1. The van der Waals surface area contributed by atoms with Gasteiger partial charge in [0.15, 0.2) is 11.5 Å². The first-order valence-electron chi connectivity index (χ1n) is 15.5. The summed E-state index contributed by atoms with van der Waals surface area (Å²) < 4.78 is 11.8. The number of nitrogens with zero attached hydrogens (tertiary/aromatic N) is 6. The van der Waals surface area contributed by atoms with E-state index < -0.39 is 46.5 Å². The Hall–Kier alpha value is -4.59. The summed E-state index contributed by atoms with van der Waals surface area (Å²) in [5.74, 6) is -2.40. The molecule has 0 spiro atoms. The SMILES string of the molecule is COc1cc([C@H]2C3=CCn4c(=O)n(C)c(=O)n4[C@@H]3C[C@H]3C(=O)N(c4cc(-c5sc6ccc(Cl)cc6c5C)nn4C)C(=O)[C@@]23C)cc(Cl)c1O. The molecule has 49 heavy (non-hydrogen) atoms. The number of methoxy groups -OCH3 is 1. The molecule has 12 nitrogen and oxygen atoms in total. The van der Waals surface area contributed by atoms with Crippen molar-refractivity contribution in [1.29, 1.82) is 0 Å². The van der Waals surface area contributed by atoms with Crippen LogP contribution >= 0.6 is 34.5 Å². The van der Waals surface area contributed by atoms with Gasteiger partial charge in [-0.1, -0.05) is 29.3 Å². The number of phenols is 1. The molecule has 252 valence electrons. The van der Waals surface area contributed by atoms with Gasteiger partial charge in [-0.25, -0.2) is 28.4 Å². The zero-order valence-corrected chi connectivity index (χ0v) is 29.4. The number of carbonyl (C=O) groups excluding carboxylic acids is 2. The highest BCUT2D eigenvalue weighted by Crippen LogP contribution is 2.62. The maximum Gasteiger partial charge on any atom is 0.347 e. The zero-order chi connectivity index (χ0) is 34.8. The molecule has 1 saturated carbocycles. The smallest absolute Gasteiger partial charge is 0.347 e. The van der Waals surface area contributed by atoms with Crippen molar-refractivity contribution >= 4 is 62.3 Å². The van der Waals surface area contributed by atoms with Crippen molar-refractivity contribution in [3.8, 4) is 22.1 Å². The summed E-state index contributed by atoms with van der Waals surface area (Å²) in [5, 5.41) is 17.0. The molecule has 15 heteroatoms. The molecular weight excluding hydrogens is 691 g/mol. The van der Waals surface area contributed by atoms with Crippen LogP contribution in [-0.2, 0) is 30.2 Å². The van der Waals surface area contributed by atoms with Crippen molar-refractivity contribution in [2.24, 2.45) is 25.4 Å². The number of anilines is 1. The first kappa shape index (κ1) is 31.7. The molecule has 5 aromatic rings. The number of aryl methyl sites for hydroxylation is 2. The van der Waals surface area contributed by atoms with Crippen LogP contribution in [0, 0.1) is 18.3 Å². The number of carbonyl (C=O) groups is 2. The van der Waals surface area contributed by atoms with Crippen molar-refractivity contribution in [2.45, 2.75) is 38.8 Å². The van der Waals surface area contributed by atoms with Gasteiger partial charge in [-0.05, 0) is 72.7 Å². The number of hydrogen-bond acceptors (Lipinski definition) is 8. The molecule has 4 atom stereocenters. The summed E-state index contributed by atoms with van der Waals surface area (Å²) in [5.41, 5.74) is 0.474.